The molecule has 5 heteroatoms. The third-order valence-electron chi connectivity index (χ3n) is 5.95. The van der Waals surface area contributed by atoms with Gasteiger partial charge < -0.3 is 19.7 Å². The maximum Gasteiger partial charge on any atom is 0.119 e. The standard InChI is InChI=1S/C23H27ClO4/c1-2-27-17-9-6-14(7-10-17)12-16-13-15(8-11-19(16)24)23-22(26)21(25)18-4-3-5-20(18)28-23/h6-11,13,18,20-23,25-26H,2-5,12H2,1H3/t18?,20?,21?,22-,23?/m1/s1. The van der Waals surface area contributed by atoms with Crippen LogP contribution in [-0.4, -0.2) is 35.1 Å². The molecule has 2 fully saturated rings. The molecule has 5 atom stereocenters. The predicted octanol–water partition coefficient (Wildman–Crippen LogP) is 4.29. The minimum Gasteiger partial charge on any atom is -0.494 e. The fraction of sp³-hybridized carbons (Fsp3) is 0.478. The number of fused-ring (bicyclic) bond motifs is 1. The van der Waals surface area contributed by atoms with E-state index in [4.69, 9.17) is 21.1 Å². The molecule has 0 aromatic heterocycles. The molecule has 2 aliphatic rings. The van der Waals surface area contributed by atoms with Crippen molar-refractivity contribution in [2.75, 3.05) is 6.61 Å². The molecule has 28 heavy (non-hydrogen) atoms. The zero-order valence-corrected chi connectivity index (χ0v) is 16.8. The zero-order valence-electron chi connectivity index (χ0n) is 16.1. The summed E-state index contributed by atoms with van der Waals surface area (Å²) in [7, 11) is 0. The molecule has 1 saturated heterocycles. The minimum absolute atomic E-state index is 0.0219. The molecule has 1 heterocycles. The molecule has 0 spiro atoms. The largest absolute Gasteiger partial charge is 0.494 e. The lowest BCUT2D eigenvalue weighted by molar-refractivity contribution is -0.193. The van der Waals surface area contributed by atoms with Crippen molar-refractivity contribution in [2.24, 2.45) is 5.92 Å². The van der Waals surface area contributed by atoms with E-state index in [2.05, 4.69) is 0 Å². The van der Waals surface area contributed by atoms with E-state index in [0.717, 1.165) is 41.7 Å². The Hall–Kier alpha value is -1.59. The molecule has 4 nitrogen and oxygen atoms in total. The van der Waals surface area contributed by atoms with Crippen molar-refractivity contribution in [3.05, 3.63) is 64.2 Å². The van der Waals surface area contributed by atoms with Crippen LogP contribution in [0.2, 0.25) is 5.02 Å². The fourth-order valence-corrected chi connectivity index (χ4v) is 4.67. The highest BCUT2D eigenvalue weighted by Gasteiger charge is 2.46. The van der Waals surface area contributed by atoms with E-state index in [1.807, 2.05) is 49.4 Å². The third kappa shape index (κ3) is 3.92. The van der Waals surface area contributed by atoms with E-state index >= 15 is 0 Å². The fourth-order valence-electron chi connectivity index (χ4n) is 4.49. The van der Waals surface area contributed by atoms with Crippen molar-refractivity contribution in [3.63, 3.8) is 0 Å². The summed E-state index contributed by atoms with van der Waals surface area (Å²) in [4.78, 5) is 0. The van der Waals surface area contributed by atoms with Gasteiger partial charge in [-0.25, -0.2) is 0 Å². The lowest BCUT2D eigenvalue weighted by Crippen LogP contribution is -2.48. The Morgan fingerprint density at radius 1 is 1.07 bits per heavy atom. The molecule has 1 aliphatic carbocycles. The van der Waals surface area contributed by atoms with Crippen molar-refractivity contribution in [3.8, 4) is 5.75 Å². The van der Waals surface area contributed by atoms with Gasteiger partial charge >= 0.3 is 0 Å². The van der Waals surface area contributed by atoms with Crippen LogP contribution >= 0.6 is 11.6 Å². The van der Waals surface area contributed by atoms with E-state index in [1.165, 1.54) is 0 Å². The van der Waals surface area contributed by atoms with Crippen LogP contribution < -0.4 is 4.74 Å². The highest BCUT2D eigenvalue weighted by atomic mass is 35.5. The first kappa shape index (κ1) is 19.7. The van der Waals surface area contributed by atoms with Crippen LogP contribution in [0.3, 0.4) is 0 Å². The summed E-state index contributed by atoms with van der Waals surface area (Å²) >= 11 is 6.44. The molecule has 4 unspecified atom stereocenters. The van der Waals surface area contributed by atoms with Gasteiger partial charge in [-0.1, -0.05) is 42.3 Å². The lowest BCUT2D eigenvalue weighted by Gasteiger charge is -2.40. The van der Waals surface area contributed by atoms with Crippen molar-refractivity contribution >= 4 is 11.6 Å². The third-order valence-corrected chi connectivity index (χ3v) is 6.32. The van der Waals surface area contributed by atoms with Crippen molar-refractivity contribution < 1.29 is 19.7 Å². The zero-order chi connectivity index (χ0) is 19.7. The van der Waals surface area contributed by atoms with Gasteiger partial charge in [-0.3, -0.25) is 0 Å². The summed E-state index contributed by atoms with van der Waals surface area (Å²) < 4.78 is 11.7. The number of halogens is 1. The predicted molar refractivity (Wildman–Crippen MR) is 109 cm³/mol. The number of aliphatic hydroxyl groups is 2. The van der Waals surface area contributed by atoms with E-state index in [-0.39, 0.29) is 12.0 Å². The van der Waals surface area contributed by atoms with Crippen LogP contribution in [0.1, 0.15) is 49.0 Å². The molecule has 2 N–H and O–H groups in total. The molecule has 0 bridgehead atoms. The minimum atomic E-state index is -0.918. The first-order valence-electron chi connectivity index (χ1n) is 10.1. The number of aliphatic hydroxyl groups excluding tert-OH is 2. The molecule has 0 amide bonds. The van der Waals surface area contributed by atoms with Crippen LogP contribution in [0.4, 0.5) is 0 Å². The van der Waals surface area contributed by atoms with E-state index < -0.39 is 18.3 Å². The molecule has 2 aromatic carbocycles. The number of hydrogen-bond donors (Lipinski definition) is 2. The molecule has 0 radical (unpaired) electrons. The Morgan fingerprint density at radius 2 is 1.86 bits per heavy atom. The first-order chi connectivity index (χ1) is 13.6. The van der Waals surface area contributed by atoms with Crippen LogP contribution in [-0.2, 0) is 11.2 Å². The Bertz CT molecular complexity index is 807. The van der Waals surface area contributed by atoms with Gasteiger partial charge in [0.1, 0.15) is 18.0 Å². The van der Waals surface area contributed by atoms with Crippen molar-refractivity contribution in [1.82, 2.24) is 0 Å². The molecule has 150 valence electrons. The molecular formula is C23H27ClO4. The van der Waals surface area contributed by atoms with Crippen molar-refractivity contribution in [1.29, 1.82) is 0 Å². The Morgan fingerprint density at radius 3 is 2.61 bits per heavy atom. The van der Waals surface area contributed by atoms with Crippen LogP contribution in [0.15, 0.2) is 42.5 Å². The van der Waals surface area contributed by atoms with Crippen LogP contribution in [0, 0.1) is 5.92 Å². The highest BCUT2D eigenvalue weighted by molar-refractivity contribution is 6.31. The van der Waals surface area contributed by atoms with Gasteiger partial charge in [0.2, 0.25) is 0 Å². The second-order valence-electron chi connectivity index (χ2n) is 7.78. The van der Waals surface area contributed by atoms with E-state index in [9.17, 15) is 10.2 Å². The van der Waals surface area contributed by atoms with Gasteiger partial charge in [0, 0.05) is 10.9 Å². The highest BCUT2D eigenvalue weighted by Crippen LogP contribution is 2.43. The van der Waals surface area contributed by atoms with Crippen LogP contribution in [0.25, 0.3) is 0 Å². The first-order valence-corrected chi connectivity index (χ1v) is 10.5. The molecule has 1 saturated carbocycles. The van der Waals surface area contributed by atoms with Crippen molar-refractivity contribution in [2.45, 2.75) is 57.0 Å². The number of hydrogen-bond acceptors (Lipinski definition) is 4. The molecular weight excluding hydrogens is 376 g/mol. The summed E-state index contributed by atoms with van der Waals surface area (Å²) in [6.45, 7) is 2.61. The number of rotatable bonds is 5. The summed E-state index contributed by atoms with van der Waals surface area (Å²) in [5.41, 5.74) is 2.97. The topological polar surface area (TPSA) is 58.9 Å². The normalized spacial score (nSPS) is 29.5. The summed E-state index contributed by atoms with van der Waals surface area (Å²) in [5.74, 6) is 0.895. The van der Waals surface area contributed by atoms with E-state index in [0.29, 0.717) is 18.1 Å². The maximum atomic E-state index is 10.6. The SMILES string of the molecule is CCOc1ccc(Cc2cc(C3OC4CCCC4C(O)[C@H]3O)ccc2Cl)cc1. The number of ether oxygens (including phenoxy) is 2. The van der Waals surface area contributed by atoms with Gasteiger partial charge in [0.05, 0.1) is 18.8 Å². The van der Waals surface area contributed by atoms with Gasteiger partial charge in [-0.05, 0) is 61.1 Å². The van der Waals surface area contributed by atoms with Gasteiger partial charge in [-0.15, -0.1) is 0 Å². The number of benzene rings is 2. The van der Waals surface area contributed by atoms with Crippen LogP contribution in [0.5, 0.6) is 5.75 Å². The second kappa shape index (κ2) is 8.42. The molecule has 2 aromatic rings. The quantitative estimate of drug-likeness (QED) is 0.783. The Balaban J connectivity index is 1.55. The monoisotopic (exact) mass is 402 g/mol. The van der Waals surface area contributed by atoms with Gasteiger partial charge in [0.15, 0.2) is 0 Å². The van der Waals surface area contributed by atoms with Gasteiger partial charge in [0.25, 0.3) is 0 Å². The summed E-state index contributed by atoms with van der Waals surface area (Å²) in [6, 6.07) is 13.7. The average Bonchev–Trinajstić information content (AvgIpc) is 3.17. The lowest BCUT2D eigenvalue weighted by atomic mass is 9.85. The van der Waals surface area contributed by atoms with E-state index in [1.54, 1.807) is 0 Å². The molecule has 1 aliphatic heterocycles. The summed E-state index contributed by atoms with van der Waals surface area (Å²) in [5, 5.41) is 21.9. The molecule has 4 rings (SSSR count). The average molecular weight is 403 g/mol. The summed E-state index contributed by atoms with van der Waals surface area (Å²) in [6.07, 6.45) is 1.41. The Labute approximate surface area is 171 Å². The second-order valence-corrected chi connectivity index (χ2v) is 8.18. The Kier molecular flexibility index (Phi) is 5.93. The maximum absolute atomic E-state index is 10.6. The smallest absolute Gasteiger partial charge is 0.119 e. The van der Waals surface area contributed by atoms with Gasteiger partial charge in [-0.2, -0.15) is 0 Å².